The second-order valence-electron chi connectivity index (χ2n) is 7.36. The Morgan fingerprint density at radius 2 is 1.79 bits per heavy atom. The molecule has 104 valence electrons. The molecule has 3 heteroatoms. The van der Waals surface area contributed by atoms with E-state index >= 15 is 0 Å². The normalized spacial score (nSPS) is 40.0. The van der Waals surface area contributed by atoms with Crippen molar-refractivity contribution in [2.75, 3.05) is 7.05 Å². The van der Waals surface area contributed by atoms with E-state index in [9.17, 15) is 0 Å². The van der Waals surface area contributed by atoms with E-state index in [0.29, 0.717) is 5.54 Å². The Morgan fingerprint density at radius 3 is 2.32 bits per heavy atom. The summed E-state index contributed by atoms with van der Waals surface area (Å²) in [7, 11) is 2.02. The molecule has 1 aromatic rings. The predicted molar refractivity (Wildman–Crippen MR) is 75.9 cm³/mol. The molecule has 4 bridgehead atoms. The maximum atomic E-state index is 4.90. The van der Waals surface area contributed by atoms with E-state index in [1.807, 2.05) is 7.05 Å². The highest BCUT2D eigenvalue weighted by molar-refractivity contribution is 5.18. The minimum Gasteiger partial charge on any atom is -0.316 e. The van der Waals surface area contributed by atoms with Crippen LogP contribution in [0.2, 0.25) is 0 Å². The zero-order valence-electron chi connectivity index (χ0n) is 12.2. The van der Waals surface area contributed by atoms with Crippen molar-refractivity contribution in [3.63, 3.8) is 0 Å². The summed E-state index contributed by atoms with van der Waals surface area (Å²) in [5.74, 6) is 2.97. The molecule has 0 saturated heterocycles. The molecular weight excluding hydrogens is 234 g/mol. The fraction of sp³-hybridized carbons (Fsp3) is 0.812. The summed E-state index contributed by atoms with van der Waals surface area (Å²) in [4.78, 5) is 0. The Morgan fingerprint density at radius 1 is 1.21 bits per heavy atom. The van der Waals surface area contributed by atoms with Gasteiger partial charge in [0, 0.05) is 18.3 Å². The summed E-state index contributed by atoms with van der Waals surface area (Å²) >= 11 is 0. The van der Waals surface area contributed by atoms with Gasteiger partial charge in [-0.3, -0.25) is 4.68 Å². The summed E-state index contributed by atoms with van der Waals surface area (Å²) in [5, 5.41) is 8.15. The number of hydrogen-bond donors (Lipinski definition) is 1. The smallest absolute Gasteiger partial charge is 0.0638 e. The second kappa shape index (κ2) is 4.08. The third kappa shape index (κ3) is 1.78. The van der Waals surface area contributed by atoms with Crippen LogP contribution in [-0.2, 0) is 12.1 Å². The summed E-state index contributed by atoms with van der Waals surface area (Å²) < 4.78 is 2.37. The van der Waals surface area contributed by atoms with Crippen molar-refractivity contribution in [1.29, 1.82) is 0 Å². The maximum Gasteiger partial charge on any atom is 0.0638 e. The summed E-state index contributed by atoms with van der Waals surface area (Å²) in [6.45, 7) is 3.10. The molecule has 4 aliphatic rings. The molecule has 1 N–H and O–H groups in total. The molecule has 0 aliphatic heterocycles. The van der Waals surface area contributed by atoms with E-state index in [1.165, 1.54) is 49.8 Å². The van der Waals surface area contributed by atoms with E-state index < -0.39 is 0 Å². The van der Waals surface area contributed by atoms with Gasteiger partial charge >= 0.3 is 0 Å². The van der Waals surface area contributed by atoms with E-state index in [4.69, 9.17) is 5.10 Å². The number of nitrogens with one attached hydrogen (secondary N) is 1. The molecule has 1 aromatic heterocycles. The molecule has 0 amide bonds. The number of aryl methyl sites for hydroxylation is 1. The summed E-state index contributed by atoms with van der Waals surface area (Å²) in [5.41, 5.74) is 2.97. The largest absolute Gasteiger partial charge is 0.316 e. The Balaban J connectivity index is 1.69. The fourth-order valence-electron chi connectivity index (χ4n) is 5.45. The summed E-state index contributed by atoms with van der Waals surface area (Å²) in [6, 6.07) is 0. The third-order valence-corrected chi connectivity index (χ3v) is 5.86. The minimum atomic E-state index is 0.380. The van der Waals surface area contributed by atoms with Crippen LogP contribution in [0.3, 0.4) is 0 Å². The predicted octanol–water partition coefficient (Wildman–Crippen LogP) is 2.84. The van der Waals surface area contributed by atoms with Gasteiger partial charge in [-0.2, -0.15) is 5.10 Å². The van der Waals surface area contributed by atoms with Gasteiger partial charge in [0.15, 0.2) is 0 Å². The zero-order chi connectivity index (χ0) is 13.0. The first-order chi connectivity index (χ1) is 9.18. The lowest BCUT2D eigenvalue weighted by Gasteiger charge is -2.56. The molecule has 4 fully saturated rings. The third-order valence-electron chi connectivity index (χ3n) is 5.86. The molecule has 5 rings (SSSR count). The van der Waals surface area contributed by atoms with Crippen molar-refractivity contribution < 1.29 is 0 Å². The van der Waals surface area contributed by atoms with E-state index in [-0.39, 0.29) is 0 Å². The first-order valence-electron chi connectivity index (χ1n) is 7.89. The van der Waals surface area contributed by atoms with Crippen molar-refractivity contribution in [3.8, 4) is 0 Å². The molecule has 0 atom stereocenters. The van der Waals surface area contributed by atoms with Crippen molar-refractivity contribution in [3.05, 3.63) is 17.5 Å². The van der Waals surface area contributed by atoms with Crippen molar-refractivity contribution in [2.24, 2.45) is 17.8 Å². The van der Waals surface area contributed by atoms with E-state index in [0.717, 1.165) is 24.3 Å². The molecule has 19 heavy (non-hydrogen) atoms. The van der Waals surface area contributed by atoms with Crippen molar-refractivity contribution >= 4 is 0 Å². The van der Waals surface area contributed by atoms with Crippen molar-refractivity contribution in [2.45, 2.75) is 57.5 Å². The lowest BCUT2D eigenvalue weighted by Crippen LogP contribution is -2.52. The first kappa shape index (κ1) is 12.0. The topological polar surface area (TPSA) is 29.9 Å². The van der Waals surface area contributed by atoms with Crippen LogP contribution in [0.15, 0.2) is 6.20 Å². The van der Waals surface area contributed by atoms with E-state index in [1.54, 1.807) is 0 Å². The van der Waals surface area contributed by atoms with Crippen LogP contribution in [0, 0.1) is 24.7 Å². The molecule has 0 unspecified atom stereocenters. The Hall–Kier alpha value is -0.830. The average Bonchev–Trinajstić information content (AvgIpc) is 2.70. The molecule has 3 nitrogen and oxygen atoms in total. The van der Waals surface area contributed by atoms with Gasteiger partial charge in [0.25, 0.3) is 0 Å². The van der Waals surface area contributed by atoms with Gasteiger partial charge in [-0.25, -0.2) is 0 Å². The molecule has 4 saturated carbocycles. The van der Waals surface area contributed by atoms with Crippen LogP contribution >= 0.6 is 0 Å². The highest BCUT2D eigenvalue weighted by Crippen LogP contribution is 2.58. The van der Waals surface area contributed by atoms with Crippen LogP contribution in [0.5, 0.6) is 0 Å². The molecule has 0 radical (unpaired) electrons. The Labute approximate surface area is 115 Å². The van der Waals surface area contributed by atoms with Gasteiger partial charge in [-0.15, -0.1) is 0 Å². The molecule has 0 aromatic carbocycles. The average molecular weight is 259 g/mol. The maximum absolute atomic E-state index is 4.90. The SMILES string of the molecule is CNCc1cn(C23CC4CC(CC(C4)C2)C3)nc1C. The van der Waals surface area contributed by atoms with Crippen molar-refractivity contribution in [1.82, 2.24) is 15.1 Å². The lowest BCUT2D eigenvalue weighted by molar-refractivity contribution is -0.0495. The first-order valence-corrected chi connectivity index (χ1v) is 7.89. The zero-order valence-corrected chi connectivity index (χ0v) is 12.2. The lowest BCUT2D eigenvalue weighted by atomic mass is 9.53. The number of hydrogen-bond acceptors (Lipinski definition) is 2. The van der Waals surface area contributed by atoms with Crippen LogP contribution in [-0.4, -0.2) is 16.8 Å². The molecule has 1 heterocycles. The summed E-state index contributed by atoms with van der Waals surface area (Å²) in [6.07, 6.45) is 11.0. The Bertz CT molecular complexity index is 453. The Kier molecular flexibility index (Phi) is 2.57. The van der Waals surface area contributed by atoms with Crippen LogP contribution in [0.1, 0.15) is 49.8 Å². The standard InChI is InChI=1S/C16H25N3/c1-11-15(9-17-2)10-19(18-11)16-6-12-3-13(7-16)5-14(4-12)8-16/h10,12-14,17H,3-9H2,1-2H3. The van der Waals surface area contributed by atoms with Gasteiger partial charge in [-0.1, -0.05) is 0 Å². The molecular formula is C16H25N3. The monoisotopic (exact) mass is 259 g/mol. The fourth-order valence-corrected chi connectivity index (χ4v) is 5.45. The number of aromatic nitrogens is 2. The van der Waals surface area contributed by atoms with Crippen LogP contribution in [0.25, 0.3) is 0 Å². The number of nitrogens with zero attached hydrogens (tertiary/aromatic N) is 2. The van der Waals surface area contributed by atoms with Gasteiger partial charge in [-0.05, 0) is 70.3 Å². The van der Waals surface area contributed by atoms with Gasteiger partial charge in [0.1, 0.15) is 0 Å². The quantitative estimate of drug-likeness (QED) is 0.904. The van der Waals surface area contributed by atoms with Crippen LogP contribution < -0.4 is 5.32 Å². The second-order valence-corrected chi connectivity index (χ2v) is 7.36. The minimum absolute atomic E-state index is 0.380. The molecule has 4 aliphatic carbocycles. The number of rotatable bonds is 3. The highest BCUT2D eigenvalue weighted by atomic mass is 15.3. The molecule has 0 spiro atoms. The van der Waals surface area contributed by atoms with Gasteiger partial charge in [0.2, 0.25) is 0 Å². The van der Waals surface area contributed by atoms with Gasteiger partial charge in [0.05, 0.1) is 11.2 Å². The van der Waals surface area contributed by atoms with Gasteiger partial charge < -0.3 is 5.32 Å². The van der Waals surface area contributed by atoms with Crippen LogP contribution in [0.4, 0.5) is 0 Å². The van der Waals surface area contributed by atoms with E-state index in [2.05, 4.69) is 23.1 Å². The highest BCUT2D eigenvalue weighted by Gasteiger charge is 2.52.